The Hall–Kier alpha value is -1.78. The highest BCUT2D eigenvalue weighted by Gasteiger charge is 2.14. The SMILES string of the molecule is CCNc1ccc(OC)c([N+](=O)[O-])c1. The molecule has 1 rings (SSSR count). The van der Waals surface area contributed by atoms with E-state index < -0.39 is 4.92 Å². The Labute approximate surface area is 81.8 Å². The van der Waals surface area contributed by atoms with E-state index in [0.717, 1.165) is 12.2 Å². The Morgan fingerprint density at radius 1 is 1.57 bits per heavy atom. The molecule has 0 heterocycles. The minimum Gasteiger partial charge on any atom is -0.490 e. The van der Waals surface area contributed by atoms with Crippen LogP contribution in [0.2, 0.25) is 0 Å². The van der Waals surface area contributed by atoms with E-state index in [0.29, 0.717) is 0 Å². The number of ether oxygens (including phenoxy) is 1. The summed E-state index contributed by atoms with van der Waals surface area (Å²) in [5, 5.41) is 13.6. The molecule has 0 bridgehead atoms. The quantitative estimate of drug-likeness (QED) is 0.591. The highest BCUT2D eigenvalue weighted by atomic mass is 16.6. The molecule has 0 aliphatic carbocycles. The van der Waals surface area contributed by atoms with Gasteiger partial charge in [0, 0.05) is 18.3 Å². The molecule has 0 atom stereocenters. The van der Waals surface area contributed by atoms with Crippen LogP contribution in [-0.2, 0) is 0 Å². The van der Waals surface area contributed by atoms with Gasteiger partial charge in [0.25, 0.3) is 0 Å². The van der Waals surface area contributed by atoms with Crippen molar-refractivity contribution in [2.45, 2.75) is 6.92 Å². The summed E-state index contributed by atoms with van der Waals surface area (Å²) in [4.78, 5) is 10.2. The molecule has 0 spiro atoms. The molecular formula is C9H12N2O3. The van der Waals surface area contributed by atoms with Crippen LogP contribution in [0.15, 0.2) is 18.2 Å². The first kappa shape index (κ1) is 10.3. The fourth-order valence-electron chi connectivity index (χ4n) is 1.15. The molecule has 76 valence electrons. The van der Waals surface area contributed by atoms with Gasteiger partial charge in [-0.05, 0) is 19.1 Å². The number of rotatable bonds is 4. The largest absolute Gasteiger partial charge is 0.490 e. The molecule has 0 aliphatic rings. The first-order chi connectivity index (χ1) is 6.69. The summed E-state index contributed by atoms with van der Waals surface area (Å²) in [5.41, 5.74) is 0.700. The maximum absolute atomic E-state index is 10.6. The van der Waals surface area contributed by atoms with Crippen LogP contribution in [0.4, 0.5) is 11.4 Å². The highest BCUT2D eigenvalue weighted by Crippen LogP contribution is 2.29. The average molecular weight is 196 g/mol. The predicted molar refractivity (Wildman–Crippen MR) is 53.8 cm³/mol. The third-order valence-electron chi connectivity index (χ3n) is 1.76. The summed E-state index contributed by atoms with van der Waals surface area (Å²) in [5.74, 6) is 0.275. The van der Waals surface area contributed by atoms with Crippen LogP contribution in [0.1, 0.15) is 6.92 Å². The average Bonchev–Trinajstić information content (AvgIpc) is 2.18. The van der Waals surface area contributed by atoms with Gasteiger partial charge in [0.15, 0.2) is 5.75 Å². The lowest BCUT2D eigenvalue weighted by molar-refractivity contribution is -0.385. The van der Waals surface area contributed by atoms with Crippen LogP contribution in [0, 0.1) is 10.1 Å². The van der Waals surface area contributed by atoms with Crippen molar-refractivity contribution in [1.29, 1.82) is 0 Å². The van der Waals surface area contributed by atoms with Gasteiger partial charge >= 0.3 is 5.69 Å². The van der Waals surface area contributed by atoms with E-state index >= 15 is 0 Å². The van der Waals surface area contributed by atoms with E-state index in [4.69, 9.17) is 4.74 Å². The summed E-state index contributed by atoms with van der Waals surface area (Å²) >= 11 is 0. The summed E-state index contributed by atoms with van der Waals surface area (Å²) in [6.45, 7) is 2.65. The van der Waals surface area contributed by atoms with Crippen molar-refractivity contribution in [2.75, 3.05) is 19.0 Å². The standard InChI is InChI=1S/C9H12N2O3/c1-3-10-7-4-5-9(14-2)8(6-7)11(12)13/h4-6,10H,3H2,1-2H3. The minimum absolute atomic E-state index is 0.0223. The minimum atomic E-state index is -0.459. The molecule has 0 unspecified atom stereocenters. The number of methoxy groups -OCH3 is 1. The second kappa shape index (κ2) is 4.45. The molecule has 5 nitrogen and oxygen atoms in total. The molecular weight excluding hydrogens is 184 g/mol. The lowest BCUT2D eigenvalue weighted by Gasteiger charge is -2.05. The number of nitrogens with zero attached hydrogens (tertiary/aromatic N) is 1. The van der Waals surface area contributed by atoms with E-state index in [9.17, 15) is 10.1 Å². The van der Waals surface area contributed by atoms with E-state index in [-0.39, 0.29) is 11.4 Å². The zero-order valence-corrected chi connectivity index (χ0v) is 8.11. The van der Waals surface area contributed by atoms with Gasteiger partial charge in [-0.25, -0.2) is 0 Å². The van der Waals surface area contributed by atoms with Crippen molar-refractivity contribution in [3.8, 4) is 5.75 Å². The Bertz CT molecular complexity index is 339. The van der Waals surface area contributed by atoms with E-state index in [1.165, 1.54) is 13.2 Å². The number of nitro groups is 1. The Morgan fingerprint density at radius 3 is 2.79 bits per heavy atom. The third kappa shape index (κ3) is 2.12. The van der Waals surface area contributed by atoms with Gasteiger partial charge in [-0.15, -0.1) is 0 Å². The molecule has 0 aliphatic heterocycles. The Kier molecular flexibility index (Phi) is 3.28. The van der Waals surface area contributed by atoms with Crippen LogP contribution >= 0.6 is 0 Å². The number of hydrogen-bond acceptors (Lipinski definition) is 4. The van der Waals surface area contributed by atoms with Gasteiger partial charge < -0.3 is 10.1 Å². The maximum atomic E-state index is 10.6. The van der Waals surface area contributed by atoms with Crippen molar-refractivity contribution in [3.05, 3.63) is 28.3 Å². The molecule has 0 saturated heterocycles. The summed E-state index contributed by atoms with van der Waals surface area (Å²) in [7, 11) is 1.41. The second-order valence-corrected chi connectivity index (χ2v) is 2.67. The van der Waals surface area contributed by atoms with Crippen molar-refractivity contribution >= 4 is 11.4 Å². The van der Waals surface area contributed by atoms with Crippen LogP contribution in [-0.4, -0.2) is 18.6 Å². The number of anilines is 1. The van der Waals surface area contributed by atoms with Gasteiger partial charge in [0.05, 0.1) is 12.0 Å². The second-order valence-electron chi connectivity index (χ2n) is 2.67. The number of benzene rings is 1. The molecule has 0 amide bonds. The fraction of sp³-hybridized carbons (Fsp3) is 0.333. The Balaban J connectivity index is 3.07. The Morgan fingerprint density at radius 2 is 2.29 bits per heavy atom. The number of hydrogen-bond donors (Lipinski definition) is 1. The van der Waals surface area contributed by atoms with Crippen LogP contribution < -0.4 is 10.1 Å². The molecule has 0 aromatic heterocycles. The van der Waals surface area contributed by atoms with Crippen molar-refractivity contribution in [3.63, 3.8) is 0 Å². The topological polar surface area (TPSA) is 64.4 Å². The third-order valence-corrected chi connectivity index (χ3v) is 1.76. The number of nitrogens with one attached hydrogen (secondary N) is 1. The fourth-order valence-corrected chi connectivity index (χ4v) is 1.15. The van der Waals surface area contributed by atoms with Gasteiger partial charge in [-0.3, -0.25) is 10.1 Å². The maximum Gasteiger partial charge on any atom is 0.312 e. The monoisotopic (exact) mass is 196 g/mol. The van der Waals surface area contributed by atoms with Gasteiger partial charge in [0.2, 0.25) is 0 Å². The predicted octanol–water partition coefficient (Wildman–Crippen LogP) is 2.04. The van der Waals surface area contributed by atoms with Crippen LogP contribution in [0.3, 0.4) is 0 Å². The first-order valence-corrected chi connectivity index (χ1v) is 4.25. The zero-order chi connectivity index (χ0) is 10.6. The summed E-state index contributed by atoms with van der Waals surface area (Å²) in [6.07, 6.45) is 0. The molecule has 14 heavy (non-hydrogen) atoms. The first-order valence-electron chi connectivity index (χ1n) is 4.25. The normalized spacial score (nSPS) is 9.57. The summed E-state index contributed by atoms with van der Waals surface area (Å²) in [6, 6.07) is 4.79. The zero-order valence-electron chi connectivity index (χ0n) is 8.11. The van der Waals surface area contributed by atoms with Gasteiger partial charge in [0.1, 0.15) is 0 Å². The van der Waals surface area contributed by atoms with E-state index in [1.54, 1.807) is 12.1 Å². The van der Waals surface area contributed by atoms with Crippen molar-refractivity contribution < 1.29 is 9.66 Å². The van der Waals surface area contributed by atoms with Crippen LogP contribution in [0.25, 0.3) is 0 Å². The molecule has 1 aromatic carbocycles. The number of nitro benzene ring substituents is 1. The van der Waals surface area contributed by atoms with Crippen molar-refractivity contribution in [1.82, 2.24) is 0 Å². The smallest absolute Gasteiger partial charge is 0.312 e. The molecule has 5 heteroatoms. The molecule has 1 aromatic rings. The van der Waals surface area contributed by atoms with Gasteiger partial charge in [-0.2, -0.15) is 0 Å². The van der Waals surface area contributed by atoms with Crippen molar-refractivity contribution in [2.24, 2.45) is 0 Å². The lowest BCUT2D eigenvalue weighted by atomic mass is 10.2. The lowest BCUT2D eigenvalue weighted by Crippen LogP contribution is -1.99. The van der Waals surface area contributed by atoms with Gasteiger partial charge in [-0.1, -0.05) is 0 Å². The summed E-state index contributed by atoms with van der Waals surface area (Å²) < 4.78 is 4.87. The molecule has 0 saturated carbocycles. The highest BCUT2D eigenvalue weighted by molar-refractivity contribution is 5.58. The molecule has 0 radical (unpaired) electrons. The van der Waals surface area contributed by atoms with Crippen LogP contribution in [0.5, 0.6) is 5.75 Å². The molecule has 0 fully saturated rings. The van der Waals surface area contributed by atoms with E-state index in [2.05, 4.69) is 5.32 Å². The molecule has 1 N–H and O–H groups in total. The van der Waals surface area contributed by atoms with E-state index in [1.807, 2.05) is 6.92 Å².